The number of Topliss-reactive ketones (excluding diaryl/α,β-unsaturated/α-hetero) is 2. The zero-order valence-electron chi connectivity index (χ0n) is 9.82. The number of hydrogen-bond donors (Lipinski definition) is 0. The van der Waals surface area contributed by atoms with E-state index in [1.165, 1.54) is 7.11 Å². The smallest absolute Gasteiger partial charge is 0.305 e. The molecule has 0 N–H and O–H groups in total. The Morgan fingerprint density at radius 3 is 2.38 bits per heavy atom. The lowest BCUT2D eigenvalue weighted by Crippen LogP contribution is -2.32. The standard InChI is InChI=1S/C12H18O4/c1-8-6-10(13)9(11(14)7-8)4-3-5-12(15)16-2/h8-9H,3-7H2,1-2H3. The number of ketones is 2. The van der Waals surface area contributed by atoms with Crippen molar-refractivity contribution in [1.82, 2.24) is 0 Å². The van der Waals surface area contributed by atoms with Crippen LogP contribution in [0.3, 0.4) is 0 Å². The number of rotatable bonds is 4. The highest BCUT2D eigenvalue weighted by Crippen LogP contribution is 2.26. The van der Waals surface area contributed by atoms with Crippen LogP contribution in [0.5, 0.6) is 0 Å². The maximum atomic E-state index is 11.6. The van der Waals surface area contributed by atoms with Gasteiger partial charge >= 0.3 is 5.97 Å². The Balaban J connectivity index is 2.38. The first-order valence-corrected chi connectivity index (χ1v) is 5.66. The fraction of sp³-hybridized carbons (Fsp3) is 0.750. The van der Waals surface area contributed by atoms with E-state index in [1.54, 1.807) is 0 Å². The van der Waals surface area contributed by atoms with Crippen LogP contribution in [0.4, 0.5) is 0 Å². The van der Waals surface area contributed by atoms with Crippen molar-refractivity contribution in [2.45, 2.75) is 39.0 Å². The van der Waals surface area contributed by atoms with Crippen LogP contribution in [-0.4, -0.2) is 24.6 Å². The van der Waals surface area contributed by atoms with E-state index in [9.17, 15) is 14.4 Å². The summed E-state index contributed by atoms with van der Waals surface area (Å²) in [7, 11) is 1.33. The van der Waals surface area contributed by atoms with Crippen molar-refractivity contribution in [2.75, 3.05) is 7.11 Å². The van der Waals surface area contributed by atoms with Crippen molar-refractivity contribution in [3.8, 4) is 0 Å². The van der Waals surface area contributed by atoms with Crippen LogP contribution < -0.4 is 0 Å². The highest BCUT2D eigenvalue weighted by atomic mass is 16.5. The van der Waals surface area contributed by atoms with Crippen LogP contribution in [0.25, 0.3) is 0 Å². The summed E-state index contributed by atoms with van der Waals surface area (Å²) in [4.78, 5) is 34.1. The fourth-order valence-electron chi connectivity index (χ4n) is 2.10. The van der Waals surface area contributed by atoms with Crippen LogP contribution in [-0.2, 0) is 19.1 Å². The summed E-state index contributed by atoms with van der Waals surface area (Å²) in [6, 6.07) is 0. The molecule has 0 amide bonds. The van der Waals surface area contributed by atoms with Gasteiger partial charge in [0.2, 0.25) is 0 Å². The van der Waals surface area contributed by atoms with Crippen molar-refractivity contribution in [1.29, 1.82) is 0 Å². The second-order valence-corrected chi connectivity index (χ2v) is 4.47. The molecule has 1 aliphatic rings. The SMILES string of the molecule is COC(=O)CCCC1C(=O)CC(C)CC1=O. The van der Waals surface area contributed by atoms with Gasteiger partial charge < -0.3 is 4.74 Å². The van der Waals surface area contributed by atoms with Gasteiger partial charge in [-0.05, 0) is 18.8 Å². The fourth-order valence-corrected chi connectivity index (χ4v) is 2.10. The number of esters is 1. The first-order valence-electron chi connectivity index (χ1n) is 5.66. The van der Waals surface area contributed by atoms with Crippen LogP contribution >= 0.6 is 0 Å². The van der Waals surface area contributed by atoms with Gasteiger partial charge in [-0.25, -0.2) is 0 Å². The molecule has 1 saturated carbocycles. The molecule has 0 aliphatic heterocycles. The Kier molecular flexibility index (Phi) is 4.65. The minimum absolute atomic E-state index is 0.0358. The van der Waals surface area contributed by atoms with Crippen LogP contribution in [0.1, 0.15) is 39.0 Å². The van der Waals surface area contributed by atoms with E-state index >= 15 is 0 Å². The largest absolute Gasteiger partial charge is 0.469 e. The van der Waals surface area contributed by atoms with Gasteiger partial charge in [0.1, 0.15) is 11.6 Å². The highest BCUT2D eigenvalue weighted by molar-refractivity contribution is 6.04. The lowest BCUT2D eigenvalue weighted by molar-refractivity contribution is -0.142. The molecule has 90 valence electrons. The van der Waals surface area contributed by atoms with Crippen LogP contribution in [0.2, 0.25) is 0 Å². The van der Waals surface area contributed by atoms with E-state index in [0.717, 1.165) is 0 Å². The first kappa shape index (κ1) is 12.9. The Morgan fingerprint density at radius 2 is 1.88 bits per heavy atom. The molecule has 0 aromatic carbocycles. The quantitative estimate of drug-likeness (QED) is 0.538. The molecule has 0 spiro atoms. The Morgan fingerprint density at radius 1 is 1.31 bits per heavy atom. The average Bonchev–Trinajstić information content (AvgIpc) is 2.21. The summed E-state index contributed by atoms with van der Waals surface area (Å²) in [6.07, 6.45) is 2.30. The molecule has 1 aliphatic carbocycles. The molecule has 0 aromatic rings. The summed E-state index contributed by atoms with van der Waals surface area (Å²) >= 11 is 0. The minimum Gasteiger partial charge on any atom is -0.469 e. The maximum Gasteiger partial charge on any atom is 0.305 e. The first-order chi connectivity index (χ1) is 7.54. The zero-order valence-corrected chi connectivity index (χ0v) is 9.82. The summed E-state index contributed by atoms with van der Waals surface area (Å²) in [6.45, 7) is 1.92. The third-order valence-electron chi connectivity index (χ3n) is 2.98. The van der Waals surface area contributed by atoms with Gasteiger partial charge in [-0.15, -0.1) is 0 Å². The molecule has 4 nitrogen and oxygen atoms in total. The summed E-state index contributed by atoms with van der Waals surface area (Å²) in [5.41, 5.74) is 0. The lowest BCUT2D eigenvalue weighted by atomic mass is 9.78. The molecule has 0 radical (unpaired) electrons. The van der Waals surface area contributed by atoms with Gasteiger partial charge in [0, 0.05) is 19.3 Å². The molecule has 0 saturated heterocycles. The molecule has 0 bridgehead atoms. The molecule has 1 rings (SSSR count). The molecule has 4 heteroatoms. The molecular formula is C12H18O4. The second kappa shape index (κ2) is 5.77. The van der Waals surface area contributed by atoms with Crippen molar-refractivity contribution in [2.24, 2.45) is 11.8 Å². The van der Waals surface area contributed by atoms with Crippen LogP contribution in [0, 0.1) is 11.8 Å². The molecule has 16 heavy (non-hydrogen) atoms. The lowest BCUT2D eigenvalue weighted by Gasteiger charge is -2.23. The van der Waals surface area contributed by atoms with E-state index in [0.29, 0.717) is 25.7 Å². The van der Waals surface area contributed by atoms with Crippen LogP contribution in [0.15, 0.2) is 0 Å². The summed E-state index contributed by atoms with van der Waals surface area (Å²) in [5.74, 6) is -0.510. The van der Waals surface area contributed by atoms with E-state index in [1.807, 2.05) is 6.92 Å². The second-order valence-electron chi connectivity index (χ2n) is 4.47. The van der Waals surface area contributed by atoms with Gasteiger partial charge in [0.15, 0.2) is 0 Å². The van der Waals surface area contributed by atoms with E-state index in [4.69, 9.17) is 0 Å². The summed E-state index contributed by atoms with van der Waals surface area (Å²) in [5, 5.41) is 0. The maximum absolute atomic E-state index is 11.6. The molecule has 0 atom stereocenters. The molecule has 0 aromatic heterocycles. The molecule has 0 unspecified atom stereocenters. The number of ether oxygens (including phenoxy) is 1. The predicted molar refractivity (Wildman–Crippen MR) is 57.8 cm³/mol. The highest BCUT2D eigenvalue weighted by Gasteiger charge is 2.32. The Labute approximate surface area is 95.3 Å². The van der Waals surface area contributed by atoms with Crippen molar-refractivity contribution in [3.63, 3.8) is 0 Å². The number of carbonyl (C=O) groups excluding carboxylic acids is 3. The van der Waals surface area contributed by atoms with E-state index in [-0.39, 0.29) is 29.9 Å². The third kappa shape index (κ3) is 3.43. The molecule has 0 heterocycles. The van der Waals surface area contributed by atoms with E-state index < -0.39 is 5.92 Å². The number of hydrogen-bond acceptors (Lipinski definition) is 4. The Bertz CT molecular complexity index is 277. The van der Waals surface area contributed by atoms with Gasteiger partial charge in [0.25, 0.3) is 0 Å². The van der Waals surface area contributed by atoms with Crippen molar-refractivity contribution >= 4 is 17.5 Å². The van der Waals surface area contributed by atoms with Crippen molar-refractivity contribution in [3.05, 3.63) is 0 Å². The van der Waals surface area contributed by atoms with E-state index in [2.05, 4.69) is 4.74 Å². The number of carbonyl (C=O) groups is 3. The monoisotopic (exact) mass is 226 g/mol. The van der Waals surface area contributed by atoms with Gasteiger partial charge in [-0.3, -0.25) is 14.4 Å². The van der Waals surface area contributed by atoms with Crippen molar-refractivity contribution < 1.29 is 19.1 Å². The number of methoxy groups -OCH3 is 1. The molecular weight excluding hydrogens is 208 g/mol. The Hall–Kier alpha value is -1.19. The summed E-state index contributed by atoms with van der Waals surface area (Å²) < 4.78 is 4.50. The molecule has 1 fully saturated rings. The average molecular weight is 226 g/mol. The third-order valence-corrected chi connectivity index (χ3v) is 2.98. The predicted octanol–water partition coefficient (Wildman–Crippen LogP) is 1.51. The van der Waals surface area contributed by atoms with Gasteiger partial charge in [0.05, 0.1) is 13.0 Å². The van der Waals surface area contributed by atoms with Gasteiger partial charge in [-0.1, -0.05) is 6.92 Å². The zero-order chi connectivity index (χ0) is 12.1. The van der Waals surface area contributed by atoms with Gasteiger partial charge in [-0.2, -0.15) is 0 Å². The topological polar surface area (TPSA) is 60.4 Å². The normalized spacial score (nSPS) is 25.6. The minimum atomic E-state index is -0.471.